The minimum Gasteiger partial charge on any atom is -0.463 e. The van der Waals surface area contributed by atoms with Gasteiger partial charge in [0.1, 0.15) is 5.76 Å². The van der Waals surface area contributed by atoms with Crippen LogP contribution in [-0.2, 0) is 11.3 Å². The molecule has 0 aliphatic carbocycles. The van der Waals surface area contributed by atoms with Crippen LogP contribution in [0.4, 0.5) is 0 Å². The highest BCUT2D eigenvalue weighted by Gasteiger charge is 2.13. The summed E-state index contributed by atoms with van der Waals surface area (Å²) in [7, 11) is 1.31. The standard InChI is InChI=1S/C16H19NO4/c1-20-16(19)15-8-7-13(21-15)11-17-14(9-10-18)12-5-3-2-4-6-12/h2-8,14,17-18H,9-11H2,1H3. The van der Waals surface area contributed by atoms with Crippen molar-refractivity contribution in [1.82, 2.24) is 5.32 Å². The minimum atomic E-state index is -0.490. The molecule has 0 aliphatic rings. The van der Waals surface area contributed by atoms with Crippen LogP contribution in [0.5, 0.6) is 0 Å². The molecule has 0 saturated heterocycles. The molecule has 2 N–H and O–H groups in total. The lowest BCUT2D eigenvalue weighted by Gasteiger charge is -2.17. The first-order chi connectivity index (χ1) is 10.2. The molecule has 5 heteroatoms. The van der Waals surface area contributed by atoms with E-state index in [1.54, 1.807) is 12.1 Å². The molecule has 0 fully saturated rings. The minimum absolute atomic E-state index is 0.0304. The Balaban J connectivity index is 1.99. The molecule has 0 radical (unpaired) electrons. The molecule has 0 bridgehead atoms. The van der Waals surface area contributed by atoms with E-state index in [0.29, 0.717) is 18.7 Å². The van der Waals surface area contributed by atoms with Crippen LogP contribution >= 0.6 is 0 Å². The summed E-state index contributed by atoms with van der Waals surface area (Å²) in [6, 6.07) is 13.3. The highest BCUT2D eigenvalue weighted by atomic mass is 16.5. The predicted octanol–water partition coefficient (Wildman–Crippen LogP) is 2.28. The summed E-state index contributed by atoms with van der Waals surface area (Å²) in [5.74, 6) is 0.346. The lowest BCUT2D eigenvalue weighted by molar-refractivity contribution is 0.0563. The van der Waals surface area contributed by atoms with Crippen molar-refractivity contribution in [3.63, 3.8) is 0 Å². The number of nitrogens with one attached hydrogen (secondary N) is 1. The SMILES string of the molecule is COC(=O)c1ccc(CNC(CCO)c2ccccc2)o1. The Morgan fingerprint density at radius 3 is 2.71 bits per heavy atom. The fourth-order valence-corrected chi connectivity index (χ4v) is 2.11. The van der Waals surface area contributed by atoms with Crippen LogP contribution in [-0.4, -0.2) is 24.8 Å². The average molecular weight is 289 g/mol. The van der Waals surface area contributed by atoms with Crippen LogP contribution < -0.4 is 5.32 Å². The summed E-state index contributed by atoms with van der Waals surface area (Å²) >= 11 is 0. The second-order valence-corrected chi connectivity index (χ2v) is 4.61. The van der Waals surface area contributed by atoms with Crippen molar-refractivity contribution in [2.24, 2.45) is 0 Å². The molecule has 1 aromatic carbocycles. The molecule has 2 rings (SSSR count). The number of hydrogen-bond donors (Lipinski definition) is 2. The molecular formula is C16H19NO4. The maximum Gasteiger partial charge on any atom is 0.373 e. The van der Waals surface area contributed by atoms with E-state index in [0.717, 1.165) is 5.56 Å². The van der Waals surface area contributed by atoms with Crippen LogP contribution in [0.25, 0.3) is 0 Å². The number of carbonyl (C=O) groups is 1. The first-order valence-corrected chi connectivity index (χ1v) is 6.81. The zero-order valence-corrected chi connectivity index (χ0v) is 11.9. The van der Waals surface area contributed by atoms with Crippen LogP contribution in [0.1, 0.15) is 34.3 Å². The van der Waals surface area contributed by atoms with Crippen LogP contribution in [0, 0.1) is 0 Å². The van der Waals surface area contributed by atoms with Gasteiger partial charge in [-0.25, -0.2) is 4.79 Å². The summed E-state index contributed by atoms with van der Waals surface area (Å²) in [5, 5.41) is 12.5. The Bertz CT molecular complexity index is 565. The van der Waals surface area contributed by atoms with Crippen molar-refractivity contribution < 1.29 is 19.1 Å². The van der Waals surface area contributed by atoms with Gasteiger partial charge in [0.05, 0.1) is 13.7 Å². The Hall–Kier alpha value is -2.11. The highest BCUT2D eigenvalue weighted by molar-refractivity contribution is 5.86. The molecule has 112 valence electrons. The van der Waals surface area contributed by atoms with E-state index in [-0.39, 0.29) is 18.4 Å². The summed E-state index contributed by atoms with van der Waals surface area (Å²) in [6.07, 6.45) is 0.606. The van der Waals surface area contributed by atoms with Gasteiger partial charge in [-0.2, -0.15) is 0 Å². The summed E-state index contributed by atoms with van der Waals surface area (Å²) < 4.78 is 10.00. The van der Waals surface area contributed by atoms with Crippen molar-refractivity contribution in [2.45, 2.75) is 19.0 Å². The highest BCUT2D eigenvalue weighted by Crippen LogP contribution is 2.17. The van der Waals surface area contributed by atoms with E-state index in [1.807, 2.05) is 30.3 Å². The second-order valence-electron chi connectivity index (χ2n) is 4.61. The van der Waals surface area contributed by atoms with Crippen molar-refractivity contribution in [1.29, 1.82) is 0 Å². The third-order valence-corrected chi connectivity index (χ3v) is 3.19. The quantitative estimate of drug-likeness (QED) is 0.765. The maximum absolute atomic E-state index is 11.3. The molecule has 1 heterocycles. The number of esters is 1. The van der Waals surface area contributed by atoms with Crippen LogP contribution in [0.2, 0.25) is 0 Å². The fraction of sp³-hybridized carbons (Fsp3) is 0.312. The largest absolute Gasteiger partial charge is 0.463 e. The van der Waals surface area contributed by atoms with Crippen LogP contribution in [0.3, 0.4) is 0 Å². The zero-order valence-electron chi connectivity index (χ0n) is 11.9. The molecule has 2 aromatic rings. The van der Waals surface area contributed by atoms with Gasteiger partial charge in [-0.15, -0.1) is 0 Å². The third kappa shape index (κ3) is 4.18. The monoisotopic (exact) mass is 289 g/mol. The molecule has 0 amide bonds. The number of aliphatic hydroxyl groups excluding tert-OH is 1. The maximum atomic E-state index is 11.3. The first-order valence-electron chi connectivity index (χ1n) is 6.81. The van der Waals surface area contributed by atoms with Gasteiger partial charge >= 0.3 is 5.97 Å². The molecule has 21 heavy (non-hydrogen) atoms. The number of hydrogen-bond acceptors (Lipinski definition) is 5. The van der Waals surface area contributed by atoms with Gasteiger partial charge in [-0.3, -0.25) is 0 Å². The lowest BCUT2D eigenvalue weighted by Crippen LogP contribution is -2.21. The summed E-state index contributed by atoms with van der Waals surface area (Å²) in [6.45, 7) is 0.564. The Morgan fingerprint density at radius 2 is 2.05 bits per heavy atom. The Labute approximate surface area is 123 Å². The first kappa shape index (κ1) is 15.3. The number of furan rings is 1. The Kier molecular flexibility index (Phi) is 5.54. The molecule has 5 nitrogen and oxygen atoms in total. The molecule has 0 aliphatic heterocycles. The third-order valence-electron chi connectivity index (χ3n) is 3.19. The smallest absolute Gasteiger partial charge is 0.373 e. The van der Waals surface area contributed by atoms with Gasteiger partial charge in [0.2, 0.25) is 5.76 Å². The van der Waals surface area contributed by atoms with Crippen molar-refractivity contribution >= 4 is 5.97 Å². The lowest BCUT2D eigenvalue weighted by atomic mass is 10.0. The normalized spacial score (nSPS) is 12.1. The number of ether oxygens (including phenoxy) is 1. The van der Waals surface area contributed by atoms with Gasteiger partial charge in [0, 0.05) is 12.6 Å². The van der Waals surface area contributed by atoms with Crippen molar-refractivity contribution in [3.05, 3.63) is 59.5 Å². The van der Waals surface area contributed by atoms with E-state index in [1.165, 1.54) is 7.11 Å². The average Bonchev–Trinajstić information content (AvgIpc) is 3.00. The fourth-order valence-electron chi connectivity index (χ4n) is 2.11. The topological polar surface area (TPSA) is 71.7 Å². The molecule has 1 unspecified atom stereocenters. The van der Waals surface area contributed by atoms with E-state index in [4.69, 9.17) is 4.42 Å². The molecule has 0 saturated carbocycles. The number of methoxy groups -OCH3 is 1. The number of rotatable bonds is 7. The molecule has 0 spiro atoms. The van der Waals surface area contributed by atoms with Gasteiger partial charge in [-0.05, 0) is 24.1 Å². The van der Waals surface area contributed by atoms with Gasteiger partial charge < -0.3 is 19.6 Å². The van der Waals surface area contributed by atoms with Gasteiger partial charge in [0.15, 0.2) is 0 Å². The van der Waals surface area contributed by atoms with E-state index in [9.17, 15) is 9.90 Å². The van der Waals surface area contributed by atoms with Crippen molar-refractivity contribution in [2.75, 3.05) is 13.7 Å². The Morgan fingerprint density at radius 1 is 1.29 bits per heavy atom. The van der Waals surface area contributed by atoms with E-state index < -0.39 is 5.97 Å². The summed E-state index contributed by atoms with van der Waals surface area (Å²) in [4.78, 5) is 11.3. The van der Waals surface area contributed by atoms with E-state index >= 15 is 0 Å². The van der Waals surface area contributed by atoms with Crippen LogP contribution in [0.15, 0.2) is 46.9 Å². The summed E-state index contributed by atoms with van der Waals surface area (Å²) in [5.41, 5.74) is 1.10. The second kappa shape index (κ2) is 7.61. The van der Waals surface area contributed by atoms with Crippen molar-refractivity contribution in [3.8, 4) is 0 Å². The zero-order chi connectivity index (χ0) is 15.1. The number of benzene rings is 1. The number of aliphatic hydroxyl groups is 1. The molecule has 1 atom stereocenters. The van der Waals surface area contributed by atoms with Gasteiger partial charge in [0.25, 0.3) is 0 Å². The van der Waals surface area contributed by atoms with E-state index in [2.05, 4.69) is 10.1 Å². The number of carbonyl (C=O) groups excluding carboxylic acids is 1. The molecular weight excluding hydrogens is 270 g/mol. The predicted molar refractivity (Wildman–Crippen MR) is 77.8 cm³/mol. The van der Waals surface area contributed by atoms with Gasteiger partial charge in [-0.1, -0.05) is 30.3 Å². The molecule has 1 aromatic heterocycles.